The predicted molar refractivity (Wildman–Crippen MR) is 152 cm³/mol. The highest BCUT2D eigenvalue weighted by Crippen LogP contribution is 2.43. The van der Waals surface area contributed by atoms with Crippen molar-refractivity contribution in [1.29, 1.82) is 0 Å². The molecular formula is C26H19N5O6S3. The first kappa shape index (κ1) is 26.2. The van der Waals surface area contributed by atoms with Gasteiger partial charge >= 0.3 is 0 Å². The second-order valence-corrected chi connectivity index (χ2v) is 12.3. The Morgan fingerprint density at radius 3 is 2.35 bits per heavy atom. The highest BCUT2D eigenvalue weighted by Gasteiger charge is 2.48. The average molecular weight is 594 g/mol. The van der Waals surface area contributed by atoms with Crippen LogP contribution in [-0.4, -0.2) is 38.6 Å². The number of nitro benzene ring substituents is 1. The van der Waals surface area contributed by atoms with Crippen molar-refractivity contribution in [3.8, 4) is 0 Å². The summed E-state index contributed by atoms with van der Waals surface area (Å²) in [4.78, 5) is 67.8. The van der Waals surface area contributed by atoms with E-state index in [1.807, 2.05) is 0 Å². The SMILES string of the molecule is O=C1NC(=S)NC(=O)C1=Cc1ccc(Sc2nc3ccc(N4C(=O)[C@H]5CCCC[C@H]5C4=O)cc3s2)c([N+](=O)[O-])c1. The first-order valence-corrected chi connectivity index (χ1v) is 14.4. The zero-order valence-electron chi connectivity index (χ0n) is 20.5. The topological polar surface area (TPSA) is 152 Å². The molecule has 14 heteroatoms. The van der Waals surface area contributed by atoms with Crippen LogP contribution < -0.4 is 15.5 Å². The summed E-state index contributed by atoms with van der Waals surface area (Å²) < 4.78 is 1.28. The van der Waals surface area contributed by atoms with Gasteiger partial charge in [-0.15, -0.1) is 11.3 Å². The van der Waals surface area contributed by atoms with E-state index in [9.17, 15) is 29.3 Å². The number of hydrogen-bond donors (Lipinski definition) is 2. The van der Waals surface area contributed by atoms with Gasteiger partial charge in [0.15, 0.2) is 9.45 Å². The van der Waals surface area contributed by atoms with E-state index >= 15 is 0 Å². The van der Waals surface area contributed by atoms with E-state index in [0.29, 0.717) is 26.0 Å². The van der Waals surface area contributed by atoms with Gasteiger partial charge in [0, 0.05) is 6.07 Å². The first-order valence-electron chi connectivity index (χ1n) is 12.3. The van der Waals surface area contributed by atoms with Gasteiger partial charge < -0.3 is 0 Å². The van der Waals surface area contributed by atoms with Crippen molar-refractivity contribution in [3.63, 3.8) is 0 Å². The molecule has 2 atom stereocenters. The van der Waals surface area contributed by atoms with E-state index in [-0.39, 0.29) is 40.0 Å². The maximum Gasteiger partial charge on any atom is 0.283 e. The van der Waals surface area contributed by atoms with Gasteiger partial charge in [0.25, 0.3) is 17.5 Å². The van der Waals surface area contributed by atoms with Crippen molar-refractivity contribution in [2.24, 2.45) is 11.8 Å². The van der Waals surface area contributed by atoms with Gasteiger partial charge in [0.1, 0.15) is 5.57 Å². The van der Waals surface area contributed by atoms with Crippen LogP contribution in [0.25, 0.3) is 16.3 Å². The van der Waals surface area contributed by atoms with E-state index in [1.54, 1.807) is 24.3 Å². The van der Waals surface area contributed by atoms with Gasteiger partial charge in [-0.1, -0.05) is 30.7 Å². The summed E-state index contributed by atoms with van der Waals surface area (Å²) in [7, 11) is 0. The number of carbonyl (C=O) groups excluding carboxylic acids is 4. The van der Waals surface area contributed by atoms with Crippen molar-refractivity contribution >= 4 is 91.7 Å². The van der Waals surface area contributed by atoms with Crippen molar-refractivity contribution in [2.75, 3.05) is 4.90 Å². The smallest absolute Gasteiger partial charge is 0.283 e. The van der Waals surface area contributed by atoms with Crippen LogP contribution in [0.15, 0.2) is 51.2 Å². The summed E-state index contributed by atoms with van der Waals surface area (Å²) in [5.41, 5.74) is 1.00. The summed E-state index contributed by atoms with van der Waals surface area (Å²) in [6.07, 6.45) is 4.62. The lowest BCUT2D eigenvalue weighted by Gasteiger charge is -2.19. The Labute approximate surface area is 240 Å². The Bertz CT molecular complexity index is 1650. The number of thiocarbonyl (C=S) groups is 1. The fourth-order valence-electron chi connectivity index (χ4n) is 5.21. The van der Waals surface area contributed by atoms with Crippen molar-refractivity contribution in [2.45, 2.75) is 34.9 Å². The molecule has 2 N–H and O–H groups in total. The molecule has 4 amide bonds. The zero-order chi connectivity index (χ0) is 28.1. The average Bonchev–Trinajstić information content (AvgIpc) is 3.43. The molecule has 1 aromatic heterocycles. The molecule has 3 heterocycles. The molecule has 202 valence electrons. The lowest BCUT2D eigenvalue weighted by Crippen LogP contribution is -2.51. The Morgan fingerprint density at radius 2 is 1.70 bits per heavy atom. The minimum absolute atomic E-state index is 0.107. The molecule has 0 bridgehead atoms. The molecule has 0 unspecified atom stereocenters. The number of nitrogens with one attached hydrogen (secondary N) is 2. The highest BCUT2D eigenvalue weighted by molar-refractivity contribution is 8.01. The van der Waals surface area contributed by atoms with Gasteiger partial charge in [0.05, 0.1) is 37.6 Å². The van der Waals surface area contributed by atoms with Crippen LogP contribution in [0.1, 0.15) is 31.2 Å². The molecule has 3 aliphatic rings. The van der Waals surface area contributed by atoms with Gasteiger partial charge in [0.2, 0.25) is 11.8 Å². The summed E-state index contributed by atoms with van der Waals surface area (Å²) in [6.45, 7) is 0. The predicted octanol–water partition coefficient (Wildman–Crippen LogP) is 3.95. The van der Waals surface area contributed by atoms with Crippen LogP contribution in [0.2, 0.25) is 0 Å². The van der Waals surface area contributed by atoms with E-state index in [4.69, 9.17) is 12.2 Å². The molecule has 11 nitrogen and oxygen atoms in total. The third kappa shape index (κ3) is 4.67. The van der Waals surface area contributed by atoms with Gasteiger partial charge in [-0.3, -0.25) is 44.8 Å². The molecule has 0 radical (unpaired) electrons. The van der Waals surface area contributed by atoms with Crippen LogP contribution in [-0.2, 0) is 19.2 Å². The maximum absolute atomic E-state index is 13.0. The molecule has 40 heavy (non-hydrogen) atoms. The molecule has 3 fully saturated rings. The van der Waals surface area contributed by atoms with Crippen LogP contribution in [0.5, 0.6) is 0 Å². The Balaban J connectivity index is 1.27. The number of rotatable bonds is 5. The van der Waals surface area contributed by atoms with Crippen molar-refractivity contribution in [3.05, 3.63) is 57.6 Å². The number of benzene rings is 2. The first-order chi connectivity index (χ1) is 19.2. The minimum Gasteiger partial charge on any atom is -0.299 e. The normalized spacial score (nSPS) is 20.9. The zero-order valence-corrected chi connectivity index (χ0v) is 23.0. The van der Waals surface area contributed by atoms with Gasteiger partial charge in [-0.2, -0.15) is 0 Å². The fraction of sp³-hybridized carbons (Fsp3) is 0.231. The van der Waals surface area contributed by atoms with Crippen LogP contribution in [0.3, 0.4) is 0 Å². The number of anilines is 1. The monoisotopic (exact) mass is 593 g/mol. The summed E-state index contributed by atoms with van der Waals surface area (Å²) in [6, 6.07) is 9.57. The van der Waals surface area contributed by atoms with Crippen LogP contribution in [0, 0.1) is 22.0 Å². The molecule has 0 spiro atoms. The number of imide groups is 1. The molecule has 2 aliphatic heterocycles. The number of nitrogens with zero attached hydrogens (tertiary/aromatic N) is 3. The summed E-state index contributed by atoms with van der Waals surface area (Å²) >= 11 is 7.18. The van der Waals surface area contributed by atoms with Crippen LogP contribution >= 0.6 is 35.3 Å². The number of thiazole rings is 1. The Hall–Kier alpha value is -4.01. The van der Waals surface area contributed by atoms with E-state index in [0.717, 1.165) is 42.1 Å². The van der Waals surface area contributed by atoms with Gasteiger partial charge in [-0.25, -0.2) is 4.98 Å². The maximum atomic E-state index is 13.0. The number of carbonyl (C=O) groups is 4. The third-order valence-electron chi connectivity index (χ3n) is 7.08. The molecule has 6 rings (SSSR count). The van der Waals surface area contributed by atoms with Gasteiger partial charge in [-0.05, 0) is 61.0 Å². The second-order valence-electron chi connectivity index (χ2n) is 9.52. The minimum atomic E-state index is -0.695. The number of amides is 4. The Kier molecular flexibility index (Phi) is 6.68. The number of nitro groups is 1. The van der Waals surface area contributed by atoms with Crippen molar-refractivity contribution < 1.29 is 24.1 Å². The molecule has 2 saturated heterocycles. The number of hydrogen-bond acceptors (Lipinski definition) is 10. The van der Waals surface area contributed by atoms with E-state index < -0.39 is 16.7 Å². The summed E-state index contributed by atoms with van der Waals surface area (Å²) in [5, 5.41) is 16.4. The molecular weight excluding hydrogens is 575 g/mol. The second kappa shape index (κ2) is 10.2. The summed E-state index contributed by atoms with van der Waals surface area (Å²) in [5.74, 6) is -2.18. The lowest BCUT2D eigenvalue weighted by atomic mass is 9.81. The standard InChI is InChI=1S/C26H19N5O6S3/c32-21-16(22(33)29-25(38)28-21)9-12-5-8-19(18(10-12)31(36)37)39-26-27-17-7-6-13(11-20(17)40-26)30-23(34)14-3-1-2-4-15(14)24(30)35/h5-11,14-15H,1-4H2,(H2,28,29,32,33,38)/t14-,15+. The highest BCUT2D eigenvalue weighted by atomic mass is 32.2. The lowest BCUT2D eigenvalue weighted by molar-refractivity contribution is -0.387. The molecule has 2 aromatic carbocycles. The van der Waals surface area contributed by atoms with Crippen molar-refractivity contribution in [1.82, 2.24) is 15.6 Å². The molecule has 1 saturated carbocycles. The molecule has 3 aromatic rings. The number of aromatic nitrogens is 1. The third-order valence-corrected chi connectivity index (χ3v) is 9.43. The molecule has 1 aliphatic carbocycles. The quantitative estimate of drug-likeness (QED) is 0.112. The van der Waals surface area contributed by atoms with E-state index in [2.05, 4.69) is 15.6 Å². The fourth-order valence-corrected chi connectivity index (χ4v) is 7.54. The largest absolute Gasteiger partial charge is 0.299 e. The number of fused-ring (bicyclic) bond motifs is 2. The van der Waals surface area contributed by atoms with E-state index in [1.165, 1.54) is 34.4 Å². The Morgan fingerprint density at radius 1 is 1.02 bits per heavy atom. The van der Waals surface area contributed by atoms with Crippen LogP contribution in [0.4, 0.5) is 11.4 Å².